The van der Waals surface area contributed by atoms with Crippen molar-refractivity contribution in [3.8, 4) is 5.88 Å². The molecule has 6 heteroatoms. The zero-order chi connectivity index (χ0) is 10.7. The summed E-state index contributed by atoms with van der Waals surface area (Å²) in [4.78, 5) is 3.77. The summed E-state index contributed by atoms with van der Waals surface area (Å²) >= 11 is 5.51. The van der Waals surface area contributed by atoms with Crippen molar-refractivity contribution >= 4 is 17.3 Å². The van der Waals surface area contributed by atoms with Crippen molar-refractivity contribution in [2.75, 3.05) is 12.8 Å². The van der Waals surface area contributed by atoms with Gasteiger partial charge in [-0.05, 0) is 6.07 Å². The maximum atomic E-state index is 12.4. The molecule has 1 rings (SSSR count). The smallest absolute Gasteiger partial charge is 0.269 e. The minimum Gasteiger partial charge on any atom is -0.481 e. The predicted molar refractivity (Wildman–Crippen MR) is 49.7 cm³/mol. The Morgan fingerprint density at radius 2 is 2.29 bits per heavy atom. The fourth-order valence-corrected chi connectivity index (χ4v) is 1.21. The maximum absolute atomic E-state index is 12.4. The van der Waals surface area contributed by atoms with E-state index in [1.807, 2.05) is 0 Å². The third-order valence-corrected chi connectivity index (χ3v) is 1.94. The number of alkyl halides is 3. The number of anilines is 1. The second-order valence-corrected chi connectivity index (χ2v) is 2.82. The van der Waals surface area contributed by atoms with Crippen molar-refractivity contribution in [3.05, 3.63) is 17.3 Å². The summed E-state index contributed by atoms with van der Waals surface area (Å²) < 4.78 is 29.5. The van der Waals surface area contributed by atoms with Gasteiger partial charge in [0, 0.05) is 0 Å². The Morgan fingerprint density at radius 1 is 1.64 bits per heavy atom. The monoisotopic (exact) mass is 222 g/mol. The molecule has 1 heterocycles. The molecule has 14 heavy (non-hydrogen) atoms. The number of methoxy groups -OCH3 is 1. The molecule has 0 radical (unpaired) electrons. The van der Waals surface area contributed by atoms with Crippen molar-refractivity contribution in [2.24, 2.45) is 0 Å². The number of nitrogens with zero attached hydrogens (tertiary/aromatic N) is 1. The third kappa shape index (κ3) is 2.04. The topological polar surface area (TPSA) is 48.1 Å². The fourth-order valence-electron chi connectivity index (χ4n) is 0.991. The number of nitrogens with two attached hydrogens (primary N) is 1. The molecule has 0 aliphatic heterocycles. The quantitative estimate of drug-likeness (QED) is 0.799. The lowest BCUT2D eigenvalue weighted by atomic mass is 10.2. The normalized spacial score (nSPS) is 10.6. The molecular weight excluding hydrogens is 214 g/mol. The molecule has 1 aromatic rings. The number of ether oxygens (including phenoxy) is 1. The van der Waals surface area contributed by atoms with Gasteiger partial charge in [-0.25, -0.2) is 13.8 Å². The van der Waals surface area contributed by atoms with Crippen molar-refractivity contribution < 1.29 is 13.5 Å². The highest BCUT2D eigenvalue weighted by atomic mass is 35.5. The number of halogens is 3. The second kappa shape index (κ2) is 4.41. The Labute approximate surface area is 84.8 Å². The Balaban J connectivity index is 3.24. The van der Waals surface area contributed by atoms with Gasteiger partial charge in [0.05, 0.1) is 29.9 Å². The highest BCUT2D eigenvalue weighted by Gasteiger charge is 2.17. The fraction of sp³-hybridized carbons (Fsp3) is 0.375. The van der Waals surface area contributed by atoms with Crippen LogP contribution < -0.4 is 10.5 Å². The van der Waals surface area contributed by atoms with Crippen LogP contribution in [0.15, 0.2) is 6.07 Å². The summed E-state index contributed by atoms with van der Waals surface area (Å²) in [5.41, 5.74) is 5.63. The van der Waals surface area contributed by atoms with Crippen LogP contribution in [0.3, 0.4) is 0 Å². The minimum atomic E-state index is -2.66. The molecule has 0 saturated heterocycles. The first-order chi connectivity index (χ1) is 6.60. The van der Waals surface area contributed by atoms with E-state index in [1.165, 1.54) is 7.11 Å². The molecule has 78 valence electrons. The average molecular weight is 223 g/mol. The number of pyridine rings is 1. The summed E-state index contributed by atoms with van der Waals surface area (Å²) in [5.74, 6) is -0.0732. The second-order valence-electron chi connectivity index (χ2n) is 2.56. The van der Waals surface area contributed by atoms with Gasteiger partial charge in [-0.2, -0.15) is 0 Å². The molecule has 0 fully saturated rings. The SMILES string of the molecule is COc1nc(CCl)c(N)cc1C(F)F. The Hall–Kier alpha value is -1.10. The summed E-state index contributed by atoms with van der Waals surface area (Å²) in [6.07, 6.45) is -2.66. The Bertz CT molecular complexity index is 333. The van der Waals surface area contributed by atoms with E-state index in [1.54, 1.807) is 0 Å². The van der Waals surface area contributed by atoms with E-state index in [2.05, 4.69) is 4.98 Å². The lowest BCUT2D eigenvalue weighted by molar-refractivity contribution is 0.146. The van der Waals surface area contributed by atoms with E-state index in [0.29, 0.717) is 5.69 Å². The van der Waals surface area contributed by atoms with E-state index in [4.69, 9.17) is 22.1 Å². The number of rotatable bonds is 3. The molecule has 0 bridgehead atoms. The summed E-state index contributed by atoms with van der Waals surface area (Å²) in [6.45, 7) is 0. The van der Waals surface area contributed by atoms with Crippen LogP contribution in [0.4, 0.5) is 14.5 Å². The van der Waals surface area contributed by atoms with Gasteiger partial charge in [0.1, 0.15) is 0 Å². The highest BCUT2D eigenvalue weighted by molar-refractivity contribution is 6.17. The standard InChI is InChI=1S/C8H9ClF2N2O/c1-14-8-4(7(10)11)2-5(12)6(3-9)13-8/h2,7H,3,12H2,1H3. The number of aromatic nitrogens is 1. The lowest BCUT2D eigenvalue weighted by Gasteiger charge is -2.09. The summed E-state index contributed by atoms with van der Waals surface area (Å²) in [6, 6.07) is 1.13. The van der Waals surface area contributed by atoms with Crippen LogP contribution in [0.5, 0.6) is 5.88 Å². The highest BCUT2D eigenvalue weighted by Crippen LogP contribution is 2.30. The molecular formula is C8H9ClF2N2O. The van der Waals surface area contributed by atoms with Crippen molar-refractivity contribution in [1.82, 2.24) is 4.98 Å². The maximum Gasteiger partial charge on any atom is 0.269 e. The lowest BCUT2D eigenvalue weighted by Crippen LogP contribution is -2.02. The molecule has 3 nitrogen and oxygen atoms in total. The third-order valence-electron chi connectivity index (χ3n) is 1.68. The van der Waals surface area contributed by atoms with Crippen LogP contribution in [0.25, 0.3) is 0 Å². The molecule has 2 N–H and O–H groups in total. The summed E-state index contributed by atoms with van der Waals surface area (Å²) in [7, 11) is 1.27. The van der Waals surface area contributed by atoms with Gasteiger partial charge in [-0.15, -0.1) is 11.6 Å². The average Bonchev–Trinajstić information content (AvgIpc) is 2.17. The van der Waals surface area contributed by atoms with Crippen molar-refractivity contribution in [2.45, 2.75) is 12.3 Å². The van der Waals surface area contributed by atoms with Crippen LogP contribution in [0, 0.1) is 0 Å². The molecule has 0 unspecified atom stereocenters. The first-order valence-electron chi connectivity index (χ1n) is 3.77. The van der Waals surface area contributed by atoms with Crippen LogP contribution in [-0.4, -0.2) is 12.1 Å². The van der Waals surface area contributed by atoms with Crippen molar-refractivity contribution in [1.29, 1.82) is 0 Å². The number of hydrogen-bond donors (Lipinski definition) is 1. The molecule has 0 atom stereocenters. The zero-order valence-corrected chi connectivity index (χ0v) is 8.18. The minimum absolute atomic E-state index is 0.0612. The van der Waals surface area contributed by atoms with E-state index in [9.17, 15) is 8.78 Å². The van der Waals surface area contributed by atoms with Gasteiger partial charge < -0.3 is 10.5 Å². The van der Waals surface area contributed by atoms with Gasteiger partial charge in [0.2, 0.25) is 5.88 Å². The molecule has 0 aromatic carbocycles. The van der Waals surface area contributed by atoms with Gasteiger partial charge in [-0.1, -0.05) is 0 Å². The van der Waals surface area contributed by atoms with Gasteiger partial charge >= 0.3 is 0 Å². The predicted octanol–water partition coefficient (Wildman–Crippen LogP) is 2.35. The van der Waals surface area contributed by atoms with E-state index < -0.39 is 6.43 Å². The number of hydrogen-bond acceptors (Lipinski definition) is 3. The zero-order valence-electron chi connectivity index (χ0n) is 7.43. The van der Waals surface area contributed by atoms with E-state index >= 15 is 0 Å². The van der Waals surface area contributed by atoms with Crippen LogP contribution in [0.1, 0.15) is 17.7 Å². The number of nitrogen functional groups attached to an aromatic ring is 1. The first kappa shape index (κ1) is 11.0. The van der Waals surface area contributed by atoms with Crippen LogP contribution >= 0.6 is 11.6 Å². The van der Waals surface area contributed by atoms with Crippen LogP contribution in [-0.2, 0) is 5.88 Å². The molecule has 0 saturated carbocycles. The van der Waals surface area contributed by atoms with E-state index in [-0.39, 0.29) is 23.0 Å². The van der Waals surface area contributed by atoms with Gasteiger partial charge in [0.25, 0.3) is 6.43 Å². The van der Waals surface area contributed by atoms with Gasteiger partial charge in [-0.3, -0.25) is 0 Å². The Kier molecular flexibility index (Phi) is 3.46. The van der Waals surface area contributed by atoms with Gasteiger partial charge in [0.15, 0.2) is 0 Å². The van der Waals surface area contributed by atoms with Crippen molar-refractivity contribution in [3.63, 3.8) is 0 Å². The molecule has 1 aromatic heterocycles. The molecule has 0 spiro atoms. The van der Waals surface area contributed by atoms with E-state index in [0.717, 1.165) is 6.07 Å². The largest absolute Gasteiger partial charge is 0.481 e. The Morgan fingerprint density at radius 3 is 2.71 bits per heavy atom. The van der Waals surface area contributed by atoms with Crippen LogP contribution in [0.2, 0.25) is 0 Å². The molecule has 0 aliphatic rings. The first-order valence-corrected chi connectivity index (χ1v) is 4.31. The summed E-state index contributed by atoms with van der Waals surface area (Å²) in [5, 5.41) is 0. The molecule has 0 amide bonds. The molecule has 0 aliphatic carbocycles.